The fourth-order valence-corrected chi connectivity index (χ4v) is 3.15. The molecule has 1 fully saturated rings. The maximum absolute atomic E-state index is 12.4. The molecule has 0 spiro atoms. The van der Waals surface area contributed by atoms with Gasteiger partial charge in [0.25, 0.3) is 0 Å². The van der Waals surface area contributed by atoms with Gasteiger partial charge in [-0.05, 0) is 19.8 Å². The van der Waals surface area contributed by atoms with Crippen LogP contribution in [-0.4, -0.2) is 40.0 Å². The molecular formula is C17H25N5O3. The van der Waals surface area contributed by atoms with Gasteiger partial charge in [-0.2, -0.15) is 5.10 Å². The lowest BCUT2D eigenvalue weighted by Gasteiger charge is -2.21. The summed E-state index contributed by atoms with van der Waals surface area (Å²) in [6.07, 6.45) is 5.51. The summed E-state index contributed by atoms with van der Waals surface area (Å²) >= 11 is 0. The predicted octanol–water partition coefficient (Wildman–Crippen LogP) is 1.80. The van der Waals surface area contributed by atoms with E-state index >= 15 is 0 Å². The number of nitrogens with zero attached hydrogens (tertiary/aromatic N) is 3. The minimum atomic E-state index is -0.285. The molecule has 0 unspecified atom stereocenters. The van der Waals surface area contributed by atoms with Gasteiger partial charge >= 0.3 is 0 Å². The molecule has 3 heterocycles. The highest BCUT2D eigenvalue weighted by molar-refractivity contribution is 5.93. The maximum atomic E-state index is 12.4. The third-order valence-electron chi connectivity index (χ3n) is 4.50. The first-order chi connectivity index (χ1) is 12.1. The van der Waals surface area contributed by atoms with Crippen LogP contribution in [0.5, 0.6) is 0 Å². The minimum absolute atomic E-state index is 0.0277. The second kappa shape index (κ2) is 7.79. The molecule has 3 rings (SSSR count). The van der Waals surface area contributed by atoms with Crippen LogP contribution < -0.4 is 10.6 Å². The van der Waals surface area contributed by atoms with Crippen molar-refractivity contribution >= 4 is 11.7 Å². The number of carbonyl (C=O) groups is 1. The van der Waals surface area contributed by atoms with Crippen LogP contribution in [-0.2, 0) is 16.6 Å². The zero-order valence-electron chi connectivity index (χ0n) is 14.9. The van der Waals surface area contributed by atoms with E-state index in [-0.39, 0.29) is 18.1 Å². The molecule has 2 N–H and O–H groups in total. The van der Waals surface area contributed by atoms with Gasteiger partial charge in [0, 0.05) is 43.9 Å². The molecule has 2 aromatic heterocycles. The molecule has 2 aromatic rings. The van der Waals surface area contributed by atoms with Crippen LogP contribution in [0.3, 0.4) is 0 Å². The number of amides is 1. The van der Waals surface area contributed by atoms with Crippen molar-refractivity contribution in [2.75, 3.05) is 18.5 Å². The van der Waals surface area contributed by atoms with Crippen LogP contribution in [0.2, 0.25) is 0 Å². The molecule has 25 heavy (non-hydrogen) atoms. The lowest BCUT2D eigenvalue weighted by molar-refractivity contribution is -0.118. The standard InChI is InChI=1S/C17H25N5O3/c1-4-14(17(23)20-15-7-11(2)25-21-15)18-8-12-5-6-24-16(12)13-9-19-22(3)10-13/h7,9-10,12,14,16,18H,4-6,8H2,1-3H3,(H,20,21,23)/t12-,14-,16+/m0/s1. The number of aromatic nitrogens is 3. The molecule has 0 bridgehead atoms. The fraction of sp³-hybridized carbons (Fsp3) is 0.588. The van der Waals surface area contributed by atoms with Crippen molar-refractivity contribution in [1.29, 1.82) is 0 Å². The Kier molecular flexibility index (Phi) is 5.50. The Morgan fingerprint density at radius 2 is 2.36 bits per heavy atom. The number of hydrogen-bond acceptors (Lipinski definition) is 6. The van der Waals surface area contributed by atoms with E-state index in [1.54, 1.807) is 17.7 Å². The molecule has 136 valence electrons. The van der Waals surface area contributed by atoms with Gasteiger partial charge in [0.15, 0.2) is 5.82 Å². The Labute approximate surface area is 146 Å². The lowest BCUT2D eigenvalue weighted by atomic mass is 9.97. The Hall–Kier alpha value is -2.19. The molecule has 0 aliphatic carbocycles. The largest absolute Gasteiger partial charge is 0.373 e. The summed E-state index contributed by atoms with van der Waals surface area (Å²) in [6.45, 7) is 5.21. The molecule has 1 saturated heterocycles. The summed E-state index contributed by atoms with van der Waals surface area (Å²) < 4.78 is 12.6. The monoisotopic (exact) mass is 347 g/mol. The van der Waals surface area contributed by atoms with Crippen LogP contribution in [0.1, 0.15) is 37.2 Å². The Morgan fingerprint density at radius 1 is 1.52 bits per heavy atom. The molecule has 8 nitrogen and oxygen atoms in total. The molecule has 1 aliphatic rings. The maximum Gasteiger partial charge on any atom is 0.242 e. The van der Waals surface area contributed by atoms with E-state index in [1.807, 2.05) is 26.4 Å². The lowest BCUT2D eigenvalue weighted by Crippen LogP contribution is -2.42. The van der Waals surface area contributed by atoms with E-state index in [1.165, 1.54) is 0 Å². The average molecular weight is 347 g/mol. The second-order valence-corrected chi connectivity index (χ2v) is 6.47. The number of ether oxygens (including phenoxy) is 1. The number of aryl methyl sites for hydroxylation is 2. The van der Waals surface area contributed by atoms with Gasteiger partial charge in [-0.1, -0.05) is 12.1 Å². The van der Waals surface area contributed by atoms with Crippen molar-refractivity contribution in [2.24, 2.45) is 13.0 Å². The van der Waals surface area contributed by atoms with Crippen LogP contribution in [0, 0.1) is 12.8 Å². The highest BCUT2D eigenvalue weighted by Gasteiger charge is 2.31. The molecule has 0 saturated carbocycles. The molecule has 0 radical (unpaired) electrons. The van der Waals surface area contributed by atoms with E-state index in [4.69, 9.17) is 9.26 Å². The smallest absolute Gasteiger partial charge is 0.242 e. The summed E-state index contributed by atoms with van der Waals surface area (Å²) in [5.41, 5.74) is 1.09. The zero-order chi connectivity index (χ0) is 17.8. The van der Waals surface area contributed by atoms with Crippen molar-refractivity contribution in [2.45, 2.75) is 38.8 Å². The Bertz CT molecular complexity index is 711. The first kappa shape index (κ1) is 17.6. The van der Waals surface area contributed by atoms with Gasteiger partial charge in [0.2, 0.25) is 5.91 Å². The Balaban J connectivity index is 1.55. The van der Waals surface area contributed by atoms with Crippen molar-refractivity contribution < 1.29 is 14.1 Å². The SMILES string of the molecule is CC[C@H](NC[C@@H]1CCO[C@H]1c1cnn(C)c1)C(=O)Nc1cc(C)on1. The van der Waals surface area contributed by atoms with E-state index in [2.05, 4.69) is 20.9 Å². The molecule has 1 aliphatic heterocycles. The number of carbonyl (C=O) groups excluding carboxylic acids is 1. The normalized spacial score (nSPS) is 21.4. The number of nitrogens with one attached hydrogen (secondary N) is 2. The fourth-order valence-electron chi connectivity index (χ4n) is 3.15. The second-order valence-electron chi connectivity index (χ2n) is 6.47. The minimum Gasteiger partial charge on any atom is -0.373 e. The van der Waals surface area contributed by atoms with Gasteiger partial charge in [-0.25, -0.2) is 0 Å². The number of hydrogen-bond donors (Lipinski definition) is 2. The predicted molar refractivity (Wildman–Crippen MR) is 92.0 cm³/mol. The summed E-state index contributed by atoms with van der Waals surface area (Å²) in [6, 6.07) is 1.42. The summed E-state index contributed by atoms with van der Waals surface area (Å²) in [4.78, 5) is 12.4. The first-order valence-corrected chi connectivity index (χ1v) is 8.64. The molecular weight excluding hydrogens is 322 g/mol. The first-order valence-electron chi connectivity index (χ1n) is 8.64. The van der Waals surface area contributed by atoms with E-state index in [0.717, 1.165) is 18.6 Å². The van der Waals surface area contributed by atoms with E-state index in [0.29, 0.717) is 30.5 Å². The van der Waals surface area contributed by atoms with Gasteiger partial charge < -0.3 is 19.9 Å². The molecule has 3 atom stereocenters. The van der Waals surface area contributed by atoms with Crippen molar-refractivity contribution in [3.05, 3.63) is 29.8 Å². The van der Waals surface area contributed by atoms with Gasteiger partial charge in [-0.15, -0.1) is 0 Å². The van der Waals surface area contributed by atoms with Crippen LogP contribution in [0.4, 0.5) is 5.82 Å². The van der Waals surface area contributed by atoms with Crippen LogP contribution in [0.15, 0.2) is 23.0 Å². The zero-order valence-corrected chi connectivity index (χ0v) is 14.9. The van der Waals surface area contributed by atoms with E-state index < -0.39 is 0 Å². The highest BCUT2D eigenvalue weighted by atomic mass is 16.5. The number of anilines is 1. The Morgan fingerprint density at radius 3 is 3.00 bits per heavy atom. The average Bonchev–Trinajstić information content (AvgIpc) is 3.29. The summed E-state index contributed by atoms with van der Waals surface area (Å²) in [5, 5.41) is 14.2. The molecule has 0 aromatic carbocycles. The summed E-state index contributed by atoms with van der Waals surface area (Å²) in [7, 11) is 1.90. The van der Waals surface area contributed by atoms with Crippen LogP contribution >= 0.6 is 0 Å². The van der Waals surface area contributed by atoms with Gasteiger partial charge in [-0.3, -0.25) is 9.48 Å². The third kappa shape index (κ3) is 4.26. The third-order valence-corrected chi connectivity index (χ3v) is 4.50. The van der Waals surface area contributed by atoms with Crippen LogP contribution in [0.25, 0.3) is 0 Å². The number of rotatable bonds is 7. The highest BCUT2D eigenvalue weighted by Crippen LogP contribution is 2.33. The molecule has 1 amide bonds. The van der Waals surface area contributed by atoms with Crippen molar-refractivity contribution in [3.8, 4) is 0 Å². The quantitative estimate of drug-likeness (QED) is 0.793. The van der Waals surface area contributed by atoms with E-state index in [9.17, 15) is 4.79 Å². The van der Waals surface area contributed by atoms with Crippen molar-refractivity contribution in [1.82, 2.24) is 20.3 Å². The van der Waals surface area contributed by atoms with Crippen molar-refractivity contribution in [3.63, 3.8) is 0 Å². The van der Waals surface area contributed by atoms with Gasteiger partial charge in [0.05, 0.1) is 18.3 Å². The van der Waals surface area contributed by atoms with Gasteiger partial charge in [0.1, 0.15) is 5.76 Å². The topological polar surface area (TPSA) is 94.2 Å². The summed E-state index contributed by atoms with van der Waals surface area (Å²) in [5.74, 6) is 1.33. The molecule has 8 heteroatoms.